The molecule has 2 N–H and O–H groups in total. The fourth-order valence-electron chi connectivity index (χ4n) is 1.66. The van der Waals surface area contributed by atoms with Crippen LogP contribution in [0.4, 0.5) is 5.69 Å². The molecule has 0 atom stereocenters. The summed E-state index contributed by atoms with van der Waals surface area (Å²) in [4.78, 5) is 4.11. The van der Waals surface area contributed by atoms with Crippen molar-refractivity contribution < 1.29 is 18.3 Å². The van der Waals surface area contributed by atoms with Gasteiger partial charge in [-0.05, 0) is 30.7 Å². The Hall–Kier alpha value is -2.12. The van der Waals surface area contributed by atoms with E-state index in [9.17, 15) is 8.42 Å². The van der Waals surface area contributed by atoms with Crippen LogP contribution in [0, 0.1) is 0 Å². The molecule has 0 unspecified atom stereocenters. The molecule has 1 aromatic heterocycles. The lowest BCUT2D eigenvalue weighted by Crippen LogP contribution is -2.13. The van der Waals surface area contributed by atoms with Gasteiger partial charge in [0.15, 0.2) is 0 Å². The number of aliphatic hydroxyl groups is 1. The molecule has 112 valence electrons. The molecule has 2 rings (SSSR count). The van der Waals surface area contributed by atoms with Crippen LogP contribution in [0.5, 0.6) is 5.88 Å². The number of ether oxygens (including phenoxy) is 1. The molecule has 0 amide bonds. The summed E-state index contributed by atoms with van der Waals surface area (Å²) in [6, 6.07) is 9.18. The molecule has 0 saturated heterocycles. The maximum Gasteiger partial charge on any atom is 0.261 e. The Morgan fingerprint density at radius 2 is 1.90 bits per heavy atom. The highest BCUT2D eigenvalue weighted by Gasteiger charge is 2.14. The summed E-state index contributed by atoms with van der Waals surface area (Å²) < 4.78 is 32.0. The zero-order chi connectivity index (χ0) is 15.3. The first kappa shape index (κ1) is 15.3. The summed E-state index contributed by atoms with van der Waals surface area (Å²) in [6.07, 6.45) is 1.39. The van der Waals surface area contributed by atoms with Crippen molar-refractivity contribution in [2.75, 3.05) is 11.3 Å². The molecule has 1 aromatic carbocycles. The highest BCUT2D eigenvalue weighted by molar-refractivity contribution is 7.92. The van der Waals surface area contributed by atoms with Gasteiger partial charge < -0.3 is 9.84 Å². The van der Waals surface area contributed by atoms with E-state index in [-0.39, 0.29) is 11.5 Å². The van der Waals surface area contributed by atoms with Gasteiger partial charge in [0.05, 0.1) is 30.0 Å². The third-order valence-corrected chi connectivity index (χ3v) is 4.09. The van der Waals surface area contributed by atoms with Crippen molar-refractivity contribution in [3.05, 3.63) is 48.2 Å². The number of anilines is 1. The average Bonchev–Trinajstić information content (AvgIpc) is 2.49. The first-order chi connectivity index (χ1) is 10.0. The van der Waals surface area contributed by atoms with Crippen LogP contribution in [0.15, 0.2) is 47.5 Å². The monoisotopic (exact) mass is 308 g/mol. The summed E-state index contributed by atoms with van der Waals surface area (Å²) in [5, 5.41) is 8.95. The fourth-order valence-corrected chi connectivity index (χ4v) is 2.71. The molecule has 0 saturated carbocycles. The van der Waals surface area contributed by atoms with Gasteiger partial charge in [0.1, 0.15) is 0 Å². The molecular formula is C14H16N2O4S. The number of hydrogen-bond acceptors (Lipinski definition) is 5. The van der Waals surface area contributed by atoms with E-state index in [2.05, 4.69) is 9.71 Å². The molecule has 0 bridgehead atoms. The number of nitrogens with zero attached hydrogens (tertiary/aromatic N) is 1. The lowest BCUT2D eigenvalue weighted by Gasteiger charge is -2.09. The molecule has 6 nitrogen and oxygen atoms in total. The van der Waals surface area contributed by atoms with Crippen molar-refractivity contribution in [2.24, 2.45) is 0 Å². The number of benzene rings is 1. The topological polar surface area (TPSA) is 88.5 Å². The Balaban J connectivity index is 2.16. The maximum atomic E-state index is 12.2. The third kappa shape index (κ3) is 3.93. The smallest absolute Gasteiger partial charge is 0.261 e. The van der Waals surface area contributed by atoms with Crippen LogP contribution < -0.4 is 9.46 Å². The normalized spacial score (nSPS) is 11.1. The summed E-state index contributed by atoms with van der Waals surface area (Å²) in [5.74, 6) is 0.438. The maximum absolute atomic E-state index is 12.2. The minimum atomic E-state index is -3.68. The lowest BCUT2D eigenvalue weighted by atomic mass is 10.2. The van der Waals surface area contributed by atoms with Crippen molar-refractivity contribution in [1.29, 1.82) is 0 Å². The Morgan fingerprint density at radius 3 is 2.43 bits per heavy atom. The number of pyridine rings is 1. The minimum absolute atomic E-state index is 0.119. The van der Waals surface area contributed by atoms with Gasteiger partial charge in [0.2, 0.25) is 5.88 Å². The van der Waals surface area contributed by atoms with Crippen molar-refractivity contribution in [1.82, 2.24) is 4.98 Å². The Labute approximate surface area is 123 Å². The van der Waals surface area contributed by atoms with Crippen LogP contribution >= 0.6 is 0 Å². The van der Waals surface area contributed by atoms with E-state index in [1.165, 1.54) is 18.3 Å². The summed E-state index contributed by atoms with van der Waals surface area (Å²) in [6.45, 7) is 2.21. The molecule has 7 heteroatoms. The Morgan fingerprint density at radius 1 is 1.19 bits per heavy atom. The standard InChI is InChI=1S/C14H16N2O4S/c1-2-20-14-8-5-12(9-15-14)16-21(18,19)13-6-3-11(10-17)4-7-13/h3-9,16-17H,2,10H2,1H3. The van der Waals surface area contributed by atoms with Gasteiger partial charge in [0.25, 0.3) is 10.0 Å². The highest BCUT2D eigenvalue weighted by Crippen LogP contribution is 2.17. The van der Waals surface area contributed by atoms with E-state index in [0.29, 0.717) is 23.7 Å². The fraction of sp³-hybridized carbons (Fsp3) is 0.214. The van der Waals surface area contributed by atoms with Crippen LogP contribution in [0.2, 0.25) is 0 Å². The molecule has 1 heterocycles. The van der Waals surface area contributed by atoms with Gasteiger partial charge in [-0.25, -0.2) is 13.4 Å². The second-order valence-electron chi connectivity index (χ2n) is 4.23. The lowest BCUT2D eigenvalue weighted by molar-refractivity contribution is 0.282. The predicted molar refractivity (Wildman–Crippen MR) is 78.6 cm³/mol. The zero-order valence-corrected chi connectivity index (χ0v) is 12.3. The Kier molecular flexibility index (Phi) is 4.77. The second-order valence-corrected chi connectivity index (χ2v) is 5.91. The van der Waals surface area contributed by atoms with Crippen LogP contribution in [-0.4, -0.2) is 25.1 Å². The SMILES string of the molecule is CCOc1ccc(NS(=O)(=O)c2ccc(CO)cc2)cn1. The summed E-state index contributed by atoms with van der Waals surface area (Å²) >= 11 is 0. The van der Waals surface area contributed by atoms with E-state index >= 15 is 0 Å². The minimum Gasteiger partial charge on any atom is -0.478 e. The molecule has 0 aliphatic carbocycles. The number of aliphatic hydroxyl groups excluding tert-OH is 1. The van der Waals surface area contributed by atoms with E-state index in [4.69, 9.17) is 9.84 Å². The van der Waals surface area contributed by atoms with Crippen molar-refractivity contribution in [2.45, 2.75) is 18.4 Å². The van der Waals surface area contributed by atoms with E-state index in [1.807, 2.05) is 6.92 Å². The number of sulfonamides is 1. The zero-order valence-electron chi connectivity index (χ0n) is 11.5. The van der Waals surface area contributed by atoms with Crippen molar-refractivity contribution in [3.63, 3.8) is 0 Å². The van der Waals surface area contributed by atoms with Gasteiger partial charge >= 0.3 is 0 Å². The number of hydrogen-bond donors (Lipinski definition) is 2. The molecule has 21 heavy (non-hydrogen) atoms. The van der Waals surface area contributed by atoms with Gasteiger partial charge in [-0.1, -0.05) is 12.1 Å². The first-order valence-corrected chi connectivity index (χ1v) is 7.85. The molecule has 0 aliphatic heterocycles. The predicted octanol–water partition coefficient (Wildman–Crippen LogP) is 1.77. The van der Waals surface area contributed by atoms with Crippen LogP contribution in [0.25, 0.3) is 0 Å². The van der Waals surface area contributed by atoms with Gasteiger partial charge in [-0.3, -0.25) is 4.72 Å². The van der Waals surface area contributed by atoms with Gasteiger partial charge in [-0.2, -0.15) is 0 Å². The van der Waals surface area contributed by atoms with Gasteiger partial charge in [0, 0.05) is 6.07 Å². The highest BCUT2D eigenvalue weighted by atomic mass is 32.2. The van der Waals surface area contributed by atoms with E-state index in [1.54, 1.807) is 24.3 Å². The van der Waals surface area contributed by atoms with Crippen LogP contribution in [-0.2, 0) is 16.6 Å². The van der Waals surface area contributed by atoms with Crippen molar-refractivity contribution >= 4 is 15.7 Å². The number of rotatable bonds is 6. The van der Waals surface area contributed by atoms with Crippen LogP contribution in [0.1, 0.15) is 12.5 Å². The molecule has 0 spiro atoms. The number of aromatic nitrogens is 1. The average molecular weight is 308 g/mol. The van der Waals surface area contributed by atoms with E-state index in [0.717, 1.165) is 0 Å². The molecule has 2 aromatic rings. The summed E-state index contributed by atoms with van der Waals surface area (Å²) in [5.41, 5.74) is 1.00. The largest absolute Gasteiger partial charge is 0.478 e. The van der Waals surface area contributed by atoms with Crippen molar-refractivity contribution in [3.8, 4) is 5.88 Å². The Bertz CT molecular complexity index is 682. The van der Waals surface area contributed by atoms with Crippen LogP contribution in [0.3, 0.4) is 0 Å². The molecule has 0 radical (unpaired) electrons. The molecule has 0 fully saturated rings. The summed E-state index contributed by atoms with van der Waals surface area (Å²) in [7, 11) is -3.68. The molecule has 0 aliphatic rings. The quantitative estimate of drug-likeness (QED) is 0.849. The molecular weight excluding hydrogens is 292 g/mol. The number of nitrogens with one attached hydrogen (secondary N) is 1. The van der Waals surface area contributed by atoms with Gasteiger partial charge in [-0.15, -0.1) is 0 Å². The second kappa shape index (κ2) is 6.55. The third-order valence-electron chi connectivity index (χ3n) is 2.70. The first-order valence-electron chi connectivity index (χ1n) is 6.36. The van der Waals surface area contributed by atoms with E-state index < -0.39 is 10.0 Å².